The number of methoxy groups -OCH3 is 1. The summed E-state index contributed by atoms with van der Waals surface area (Å²) in [5, 5.41) is 89.1. The van der Waals surface area contributed by atoms with E-state index in [4.69, 9.17) is 68.1 Å². The molecule has 2 unspecified atom stereocenters. The number of carbonyl (C=O) groups is 14. The van der Waals surface area contributed by atoms with Gasteiger partial charge < -0.3 is 120 Å². The Morgan fingerprint density at radius 2 is 0.808 bits per heavy atom. The number of Topliss-reactive ketones (excluding diaryl/α,β-unsaturated/α-hetero) is 2. The number of ketones is 2. The van der Waals surface area contributed by atoms with Crippen molar-refractivity contribution >= 4 is 121 Å². The fourth-order valence-corrected chi connectivity index (χ4v) is 20.9. The maximum absolute atomic E-state index is 15.6. The number of aliphatic hydroxyl groups is 6. The molecule has 42 heteroatoms. The number of amides is 2. The van der Waals surface area contributed by atoms with E-state index >= 15 is 14.4 Å². The highest BCUT2D eigenvalue weighted by Gasteiger charge is 2.81. The number of ether oxygens (including phenoxy) is 12. The summed E-state index contributed by atoms with van der Waals surface area (Å²) >= 11 is 8.82. The van der Waals surface area contributed by atoms with Crippen LogP contribution in [0.15, 0.2) is 204 Å². The molecule has 2 amide bonds. The van der Waals surface area contributed by atoms with Crippen LogP contribution in [0.1, 0.15) is 181 Å². The summed E-state index contributed by atoms with van der Waals surface area (Å²) in [5.74, 6) is -15.5. The smallest absolute Gasteiger partial charge is 0.350 e. The monoisotopic (exact) mass is 2100 g/mol. The Bertz CT molecular complexity index is 5730. The molecule has 0 radical (unpaired) electrons. The van der Waals surface area contributed by atoms with Crippen LogP contribution in [0.25, 0.3) is 0 Å². The molecule has 6 aromatic carbocycles. The van der Waals surface area contributed by atoms with E-state index in [-0.39, 0.29) is 91.1 Å². The maximum Gasteiger partial charge on any atom is 0.350 e. The molecule has 22 atom stereocenters. The number of nitrogens with two attached hydrogens (primary N) is 1. The van der Waals surface area contributed by atoms with Gasteiger partial charge in [0.2, 0.25) is 6.10 Å². The second-order valence-corrected chi connectivity index (χ2v) is 41.5. The largest absolute Gasteiger partial charge is 0.480 e. The Labute approximate surface area is 859 Å². The second kappa shape index (κ2) is 51.3. The first-order valence-corrected chi connectivity index (χ1v) is 50.8. The van der Waals surface area contributed by atoms with E-state index in [0.29, 0.717) is 17.9 Å². The summed E-state index contributed by atoms with van der Waals surface area (Å²) in [6.07, 6.45) is -21.1. The summed E-state index contributed by atoms with van der Waals surface area (Å²) in [4.78, 5) is 191. The lowest BCUT2D eigenvalue weighted by molar-refractivity contribution is -0.346. The van der Waals surface area contributed by atoms with Crippen LogP contribution in [-0.2, 0) is 128 Å². The molecule has 0 aromatic heterocycles. The Balaban J connectivity index is 0.000000309. The number of benzene rings is 6. The van der Waals surface area contributed by atoms with Crippen molar-refractivity contribution in [1.82, 2.24) is 21.3 Å². The molecule has 6 aromatic rings. The third-order valence-corrected chi connectivity index (χ3v) is 30.7. The third-order valence-electron chi connectivity index (χ3n) is 28.0. The van der Waals surface area contributed by atoms with Gasteiger partial charge in [0.1, 0.15) is 53.9 Å². The van der Waals surface area contributed by atoms with Gasteiger partial charge in [-0.25, -0.2) is 19.2 Å². The Morgan fingerprint density at radius 1 is 0.486 bits per heavy atom. The SMILES string of the molecule is C.CC(=O)O[C@H]1C(=O)[C@@]2(C)[C@H]([C@H](OC(=O)c3ccccc3)[C@]3(O)CC(OC(=O)[C@H](O)[C@@H](NC(=O)c4ccccc4)c4ccccc4)C(C)=C1C3(C)C)[C@]1(OC(C)=O)CO[C@@H]1C[C@@H]2O.CNCC(=O)O.CNCC(=O)O[C@@H](C(=O)OC1C[C@@]2(O)[C@@H](OC(=O)c3ccccc3)[C@@H]3[C@]4(OC(C)=O)CO[C@@H]4C[C@H](O)[C@@]3(C)C(=O)[C@H](OC(C)=O)C(=C1C)C2(C)C)[C@@H](NC(=O)c1ccccc1)c1ccccc1.CO.COCN.S=PP=S. The number of hydrogen-bond acceptors (Lipinski definition) is 37. The zero-order valence-corrected chi connectivity index (χ0v) is 86.4. The Kier molecular flexibility index (Phi) is 42.0. The normalized spacial score (nSPS) is 28.2. The molecule has 13 N–H and O–H groups in total. The summed E-state index contributed by atoms with van der Waals surface area (Å²) in [5.41, 5.74) is -9.48. The molecule has 38 nitrogen and oxygen atoms in total. The summed E-state index contributed by atoms with van der Waals surface area (Å²) in [6, 6.07) is 45.8. The van der Waals surface area contributed by atoms with Gasteiger partial charge in [-0.15, -0.1) is 0 Å². The van der Waals surface area contributed by atoms with Crippen LogP contribution in [0.4, 0.5) is 0 Å². The number of hydrogen-bond donors (Lipinski definition) is 12. The molecule has 2 saturated heterocycles. The van der Waals surface area contributed by atoms with Crippen LogP contribution in [0.3, 0.4) is 0 Å². The van der Waals surface area contributed by atoms with Crippen molar-refractivity contribution in [3.05, 3.63) is 238 Å². The molecule has 8 aliphatic rings. The van der Waals surface area contributed by atoms with E-state index in [1.807, 2.05) is 0 Å². The number of likely N-dealkylation sites (N-methyl/N-ethyl adjacent to an activating group) is 2. The molecule has 790 valence electrons. The molecule has 6 aliphatic carbocycles. The van der Waals surface area contributed by atoms with Gasteiger partial charge >= 0.3 is 59.7 Å². The molecular weight excluding hydrogens is 1970 g/mol. The van der Waals surface area contributed by atoms with Gasteiger partial charge in [0.25, 0.3) is 11.8 Å². The molecule has 4 bridgehead atoms. The van der Waals surface area contributed by atoms with Crippen LogP contribution in [0.2, 0.25) is 0 Å². The number of carboxylic acid groups (broad SMARTS) is 1. The van der Waals surface area contributed by atoms with Gasteiger partial charge in [-0.1, -0.05) is 169 Å². The number of aliphatic carboxylic acids is 1. The fourth-order valence-electron chi connectivity index (χ4n) is 20.9. The lowest BCUT2D eigenvalue weighted by atomic mass is 9.44. The van der Waals surface area contributed by atoms with E-state index in [1.165, 1.54) is 59.0 Å². The second-order valence-electron chi connectivity index (χ2n) is 37.2. The fraction of sp³-hybridized carbons (Fsp3) is 0.481. The average molecular weight is 2100 g/mol. The summed E-state index contributed by atoms with van der Waals surface area (Å²) in [6.45, 7) is 15.9. The van der Waals surface area contributed by atoms with Gasteiger partial charge in [-0.05, 0) is 147 Å². The molecule has 4 saturated carbocycles. The first-order valence-electron chi connectivity index (χ1n) is 46.3. The lowest BCUT2D eigenvalue weighted by Crippen LogP contribution is -2.82. The number of nitrogens with one attached hydrogen (secondary N) is 4. The van der Waals surface area contributed by atoms with Gasteiger partial charge in [-0.3, -0.25) is 47.9 Å². The highest BCUT2D eigenvalue weighted by molar-refractivity contribution is 8.40. The van der Waals surface area contributed by atoms with Gasteiger partial charge in [0, 0.05) is 104 Å². The van der Waals surface area contributed by atoms with E-state index in [2.05, 4.69) is 49.6 Å². The minimum atomic E-state index is -2.44. The predicted molar refractivity (Wildman–Crippen MR) is 534 cm³/mol. The number of fused-ring (bicyclic) bond motifs is 10. The van der Waals surface area contributed by atoms with Crippen molar-refractivity contribution in [3.8, 4) is 0 Å². The number of carbonyl (C=O) groups excluding carboxylic acids is 13. The Hall–Kier alpha value is -11.7. The quantitative estimate of drug-likeness (QED) is 0.00762. The highest BCUT2D eigenvalue weighted by Crippen LogP contribution is 2.67. The number of aliphatic hydroxyl groups excluding tert-OH is 4. The Morgan fingerprint density at radius 3 is 1.10 bits per heavy atom. The molecule has 14 rings (SSSR count). The van der Waals surface area contributed by atoms with Gasteiger partial charge in [0.05, 0.1) is 85.1 Å². The van der Waals surface area contributed by atoms with E-state index in [9.17, 15) is 78.3 Å². The van der Waals surface area contributed by atoms with Crippen LogP contribution in [-0.4, -0.2) is 276 Å². The zero-order valence-electron chi connectivity index (χ0n) is 83.0. The minimum Gasteiger partial charge on any atom is -0.480 e. The van der Waals surface area contributed by atoms with E-state index in [1.54, 1.807) is 200 Å². The molecular formula is C104H129N5O33P2S2. The van der Waals surface area contributed by atoms with Crippen molar-refractivity contribution in [2.45, 2.75) is 224 Å². The summed E-state index contributed by atoms with van der Waals surface area (Å²) < 4.78 is 71.1. The van der Waals surface area contributed by atoms with E-state index in [0.717, 1.165) is 48.9 Å². The standard InChI is InChI=1S/C50H56N2O15.C47H51NO14.C3H7NO2.C2H7NO.CH4O.CH4.P2S2/c1-27-33(64-46(60)40(65-36(56)25-51-7)38(30-17-11-8-12-18-30)52-44(58)31-19-13-9-14-20-31)24-50(61)43(66-45(59)32-21-15-10-16-22-32)41-48(6,34(55)23-35-49(41,26-62-35)67-29(3)54)42(57)39(63-28(2)53)37(27)47(50,4)5;1-25-31(60-43(56)36(52)35(28-16-10-7-11-17-28)48-41(54)29-18-12-8-13-19-29)23-47(57)40(61-42(55)30-20-14-9-15-21-30)38-45(6,32(51)22-33-46(38,24-58-33)62-27(3)50)39(53)37(59-26(2)49)34(25)44(47,4)5;1-4-2-3(5)6;1-4-2-3;1-2;;3-1-2-4/h8-22,33-35,38-41,43,51,55,61H,23-26H2,1-7H3,(H,52,58);7-21,31-33,35-38,40,51-52,57H,22-24H2,1-6H3,(H,48,54);4H,2H2,1H3,(H,5,6);2-3H2,1H3;2H,1H3;1H4;/t33?,34-,35+,38-,39+,40+,41-,43-,48+,49-,50+;31?,32-,33+,35-,36+,37+,38-,40-,45+,46-,47+;;;;;/m00...../s1. The topological polar surface area (TPSA) is 565 Å². The predicted octanol–water partition coefficient (Wildman–Crippen LogP) is 8.04. The number of rotatable bonds is 27. The van der Waals surface area contributed by atoms with Crippen LogP contribution >= 0.6 is 14.1 Å². The average Bonchev–Trinajstić information content (AvgIpc) is 0.670. The van der Waals surface area contributed by atoms with Crippen molar-refractivity contribution in [1.29, 1.82) is 0 Å². The van der Waals surface area contributed by atoms with Crippen molar-refractivity contribution in [2.24, 2.45) is 39.2 Å². The van der Waals surface area contributed by atoms with Crippen molar-refractivity contribution in [3.63, 3.8) is 0 Å². The van der Waals surface area contributed by atoms with Gasteiger partial charge in [-0.2, -0.15) is 0 Å². The highest BCUT2D eigenvalue weighted by atomic mass is 32.7. The molecule has 2 heterocycles. The first kappa shape index (κ1) is 120. The molecule has 146 heavy (non-hydrogen) atoms. The van der Waals surface area contributed by atoms with Gasteiger partial charge in [0.15, 0.2) is 41.1 Å². The van der Waals surface area contributed by atoms with Crippen molar-refractivity contribution in [2.75, 3.05) is 61.3 Å². The number of carboxylic acids is 1. The molecule has 0 spiro atoms. The van der Waals surface area contributed by atoms with Crippen LogP contribution in [0.5, 0.6) is 0 Å². The van der Waals surface area contributed by atoms with Crippen LogP contribution < -0.4 is 27.0 Å². The van der Waals surface area contributed by atoms with Crippen LogP contribution in [0, 0.1) is 33.5 Å². The summed E-state index contributed by atoms with van der Waals surface area (Å²) in [7, 11) is 7.38. The zero-order chi connectivity index (χ0) is 107. The lowest BCUT2D eigenvalue weighted by Gasteiger charge is -2.67. The molecule has 2 aliphatic heterocycles. The van der Waals surface area contributed by atoms with E-state index < -0.39 is 237 Å². The number of esters is 9. The minimum absolute atomic E-state index is 0. The third kappa shape index (κ3) is 25.0. The van der Waals surface area contributed by atoms with Crippen molar-refractivity contribution < 1.29 is 160 Å². The maximum atomic E-state index is 15.6. The molecule has 6 fully saturated rings. The first-order chi connectivity index (χ1) is 68.6.